The quantitative estimate of drug-likeness (QED) is 0.779. The van der Waals surface area contributed by atoms with Crippen molar-refractivity contribution in [1.29, 1.82) is 0 Å². The maximum atomic E-state index is 13.9. The monoisotopic (exact) mass is 398 g/mol. The van der Waals surface area contributed by atoms with E-state index in [1.165, 1.54) is 6.42 Å². The van der Waals surface area contributed by atoms with Gasteiger partial charge in [0.1, 0.15) is 5.82 Å². The van der Waals surface area contributed by atoms with Crippen LogP contribution in [0, 0.1) is 11.7 Å². The maximum Gasteiger partial charge on any atom is 0.341 e. The summed E-state index contributed by atoms with van der Waals surface area (Å²) in [4.78, 5) is 26.1. The number of primary sulfonamides is 1. The molecule has 1 saturated carbocycles. The number of rotatable bonds is 4. The van der Waals surface area contributed by atoms with Gasteiger partial charge >= 0.3 is 5.97 Å². The molecule has 0 spiro atoms. The average molecular weight is 398 g/mol. The summed E-state index contributed by atoms with van der Waals surface area (Å²) in [6, 6.07) is 2.79. The second-order valence-electron chi connectivity index (χ2n) is 7.10. The number of sulfonamides is 1. The highest BCUT2D eigenvalue weighted by atomic mass is 32.2. The smallest absolute Gasteiger partial charge is 0.341 e. The number of carbonyl (C=O) groups excluding carboxylic acids is 2. The zero-order chi connectivity index (χ0) is 19.6. The van der Waals surface area contributed by atoms with E-state index in [0.717, 1.165) is 50.3 Å². The summed E-state index contributed by atoms with van der Waals surface area (Å²) in [5.74, 6) is -1.84. The van der Waals surface area contributed by atoms with Crippen molar-refractivity contribution in [3.8, 4) is 0 Å². The minimum absolute atomic E-state index is 0.182. The highest BCUT2D eigenvalue weighted by Gasteiger charge is 2.35. The second kappa shape index (κ2) is 7.93. The normalized spacial score (nSPS) is 22.8. The molecular formula is C18H23FN2O5S. The number of esters is 1. The van der Waals surface area contributed by atoms with E-state index in [1.54, 1.807) is 4.90 Å². The van der Waals surface area contributed by atoms with Gasteiger partial charge in [-0.15, -0.1) is 0 Å². The van der Waals surface area contributed by atoms with Crippen molar-refractivity contribution in [1.82, 2.24) is 4.90 Å². The van der Waals surface area contributed by atoms with Crippen LogP contribution in [0.15, 0.2) is 23.1 Å². The van der Waals surface area contributed by atoms with E-state index in [1.807, 2.05) is 0 Å². The number of hydrogen-bond donors (Lipinski definition) is 1. The molecule has 27 heavy (non-hydrogen) atoms. The fourth-order valence-electron chi connectivity index (χ4n) is 4.06. The number of benzene rings is 1. The number of hydrogen-bond acceptors (Lipinski definition) is 5. The van der Waals surface area contributed by atoms with Gasteiger partial charge in [0, 0.05) is 12.6 Å². The number of piperidine rings is 1. The first kappa shape index (κ1) is 19.8. The molecule has 0 aromatic heterocycles. The molecule has 7 nitrogen and oxygen atoms in total. The van der Waals surface area contributed by atoms with Crippen molar-refractivity contribution in [3.63, 3.8) is 0 Å². The molecule has 1 aliphatic heterocycles. The molecule has 1 aromatic rings. The van der Waals surface area contributed by atoms with Gasteiger partial charge in [-0.1, -0.05) is 12.8 Å². The SMILES string of the molecule is NS(=O)(=O)c1ccc(F)c(C(=O)OCC(=O)N2CCC[C@@H]3CCCC[C@H]32)c1. The van der Waals surface area contributed by atoms with Gasteiger partial charge in [0.05, 0.1) is 10.5 Å². The molecule has 0 bridgehead atoms. The molecule has 0 unspecified atom stereocenters. The lowest BCUT2D eigenvalue weighted by Crippen LogP contribution is -2.50. The number of amides is 1. The molecule has 3 rings (SSSR count). The van der Waals surface area contributed by atoms with E-state index < -0.39 is 38.9 Å². The van der Waals surface area contributed by atoms with Crippen LogP contribution in [0.3, 0.4) is 0 Å². The van der Waals surface area contributed by atoms with Gasteiger partial charge in [-0.25, -0.2) is 22.7 Å². The van der Waals surface area contributed by atoms with Crippen LogP contribution in [-0.4, -0.2) is 44.4 Å². The lowest BCUT2D eigenvalue weighted by atomic mass is 9.78. The van der Waals surface area contributed by atoms with Gasteiger partial charge in [0.2, 0.25) is 10.0 Å². The molecule has 1 aromatic carbocycles. The van der Waals surface area contributed by atoms with Crippen LogP contribution in [0.25, 0.3) is 0 Å². The highest BCUT2D eigenvalue weighted by molar-refractivity contribution is 7.89. The zero-order valence-electron chi connectivity index (χ0n) is 14.9. The lowest BCUT2D eigenvalue weighted by molar-refractivity contribution is -0.140. The first-order chi connectivity index (χ1) is 12.8. The summed E-state index contributed by atoms with van der Waals surface area (Å²) < 4.78 is 41.6. The molecule has 2 N–H and O–H groups in total. The Labute approximate surface area is 157 Å². The van der Waals surface area contributed by atoms with Gasteiger partial charge in [-0.2, -0.15) is 0 Å². The van der Waals surface area contributed by atoms with Crippen LogP contribution < -0.4 is 5.14 Å². The Kier molecular flexibility index (Phi) is 5.81. The number of nitrogens with zero attached hydrogens (tertiary/aromatic N) is 1. The number of nitrogens with two attached hydrogens (primary N) is 1. The summed E-state index contributed by atoms with van der Waals surface area (Å²) in [6.07, 6.45) is 6.36. The Morgan fingerprint density at radius 3 is 2.63 bits per heavy atom. The molecule has 1 saturated heterocycles. The van der Waals surface area contributed by atoms with Gasteiger partial charge in [-0.05, 0) is 49.8 Å². The average Bonchev–Trinajstić information content (AvgIpc) is 2.64. The second-order valence-corrected chi connectivity index (χ2v) is 8.67. The Morgan fingerprint density at radius 1 is 1.19 bits per heavy atom. The standard InChI is InChI=1S/C18H23FN2O5S/c19-15-8-7-13(27(20,24)25)10-14(15)18(23)26-11-17(22)21-9-3-5-12-4-1-2-6-16(12)21/h7-8,10,12,16H,1-6,9,11H2,(H2,20,24,25)/t12-,16+/m0/s1. The van der Waals surface area contributed by atoms with Gasteiger partial charge in [-0.3, -0.25) is 4.79 Å². The Bertz CT molecular complexity index is 840. The predicted molar refractivity (Wildman–Crippen MR) is 94.7 cm³/mol. The van der Waals surface area contributed by atoms with Crippen LogP contribution in [-0.2, 0) is 19.6 Å². The number of carbonyl (C=O) groups is 2. The first-order valence-corrected chi connectivity index (χ1v) is 10.6. The van der Waals surface area contributed by atoms with E-state index in [0.29, 0.717) is 12.5 Å². The van der Waals surface area contributed by atoms with Crippen molar-refractivity contribution in [3.05, 3.63) is 29.6 Å². The molecule has 1 amide bonds. The summed E-state index contributed by atoms with van der Waals surface area (Å²) in [7, 11) is -4.09. The fourth-order valence-corrected chi connectivity index (χ4v) is 4.60. The van der Waals surface area contributed by atoms with E-state index in [-0.39, 0.29) is 11.9 Å². The first-order valence-electron chi connectivity index (χ1n) is 9.06. The Balaban J connectivity index is 1.66. The third-order valence-electron chi connectivity index (χ3n) is 5.38. The van der Waals surface area contributed by atoms with Crippen LogP contribution >= 0.6 is 0 Å². The number of halogens is 1. The molecule has 1 aliphatic carbocycles. The molecule has 0 radical (unpaired) electrons. The third-order valence-corrected chi connectivity index (χ3v) is 6.29. The Hall–Kier alpha value is -2.00. The van der Waals surface area contributed by atoms with Crippen LogP contribution in [0.2, 0.25) is 0 Å². The third kappa shape index (κ3) is 4.47. The van der Waals surface area contributed by atoms with Crippen molar-refractivity contribution < 1.29 is 27.1 Å². The molecule has 2 atom stereocenters. The lowest BCUT2D eigenvalue weighted by Gasteiger charge is -2.44. The largest absolute Gasteiger partial charge is 0.452 e. The highest BCUT2D eigenvalue weighted by Crippen LogP contribution is 2.35. The van der Waals surface area contributed by atoms with Gasteiger partial charge in [0.15, 0.2) is 6.61 Å². The maximum absolute atomic E-state index is 13.9. The van der Waals surface area contributed by atoms with Gasteiger partial charge in [0.25, 0.3) is 5.91 Å². The van der Waals surface area contributed by atoms with Crippen LogP contribution in [0.4, 0.5) is 4.39 Å². The Morgan fingerprint density at radius 2 is 1.89 bits per heavy atom. The number of fused-ring (bicyclic) bond motifs is 1. The van der Waals surface area contributed by atoms with Crippen molar-refractivity contribution in [2.45, 2.75) is 49.5 Å². The van der Waals surface area contributed by atoms with Crippen molar-refractivity contribution in [2.75, 3.05) is 13.2 Å². The molecule has 1 heterocycles. The van der Waals surface area contributed by atoms with Gasteiger partial charge < -0.3 is 9.64 Å². The van der Waals surface area contributed by atoms with Crippen molar-refractivity contribution >= 4 is 21.9 Å². The van der Waals surface area contributed by atoms with E-state index >= 15 is 0 Å². The summed E-state index contributed by atoms with van der Waals surface area (Å²) in [5, 5.41) is 4.99. The minimum Gasteiger partial charge on any atom is -0.452 e. The topological polar surface area (TPSA) is 107 Å². The fraction of sp³-hybridized carbons (Fsp3) is 0.556. The molecule has 9 heteroatoms. The van der Waals surface area contributed by atoms with Crippen LogP contribution in [0.1, 0.15) is 48.9 Å². The number of likely N-dealkylation sites (tertiary alicyclic amines) is 1. The van der Waals surface area contributed by atoms with Crippen LogP contribution in [0.5, 0.6) is 0 Å². The zero-order valence-corrected chi connectivity index (χ0v) is 15.7. The van der Waals surface area contributed by atoms with Crippen molar-refractivity contribution in [2.24, 2.45) is 11.1 Å². The molecular weight excluding hydrogens is 375 g/mol. The summed E-state index contributed by atoms with van der Waals surface area (Å²) in [6.45, 7) is 0.133. The number of ether oxygens (including phenoxy) is 1. The molecule has 148 valence electrons. The summed E-state index contributed by atoms with van der Waals surface area (Å²) >= 11 is 0. The van der Waals surface area contributed by atoms with E-state index in [9.17, 15) is 22.4 Å². The predicted octanol–water partition coefficient (Wildman–Crippen LogP) is 1.81. The minimum atomic E-state index is -4.09. The van der Waals surface area contributed by atoms with E-state index in [4.69, 9.17) is 9.88 Å². The summed E-state index contributed by atoms with van der Waals surface area (Å²) in [5.41, 5.74) is -0.566. The molecule has 2 aliphatic rings. The molecule has 2 fully saturated rings. The van der Waals surface area contributed by atoms with E-state index in [2.05, 4.69) is 0 Å².